The fourth-order valence-electron chi connectivity index (χ4n) is 5.82. The van der Waals surface area contributed by atoms with Gasteiger partial charge in [0.25, 0.3) is 0 Å². The van der Waals surface area contributed by atoms with Crippen molar-refractivity contribution in [1.82, 2.24) is 9.78 Å². The van der Waals surface area contributed by atoms with Crippen molar-refractivity contribution in [1.29, 1.82) is 0 Å². The van der Waals surface area contributed by atoms with Gasteiger partial charge in [-0.3, -0.25) is 4.79 Å². The van der Waals surface area contributed by atoms with Crippen molar-refractivity contribution in [2.24, 2.45) is 23.2 Å². The first-order chi connectivity index (χ1) is 12.2. The third-order valence-corrected chi connectivity index (χ3v) is 6.50. The highest BCUT2D eigenvalue weighted by Gasteiger charge is 2.55. The largest absolute Gasteiger partial charge is 0.460 e. The van der Waals surface area contributed by atoms with E-state index in [2.05, 4.69) is 5.10 Å². The molecule has 0 unspecified atom stereocenters. The van der Waals surface area contributed by atoms with Crippen LogP contribution in [-0.2, 0) is 16.1 Å². The summed E-state index contributed by atoms with van der Waals surface area (Å²) in [5.74, 6) is 2.33. The van der Waals surface area contributed by atoms with Crippen LogP contribution in [0.5, 0.6) is 0 Å². The van der Waals surface area contributed by atoms with E-state index in [0.717, 1.165) is 48.3 Å². The number of para-hydroxylation sites is 1. The van der Waals surface area contributed by atoms with Crippen LogP contribution in [0.2, 0.25) is 0 Å². The van der Waals surface area contributed by atoms with E-state index >= 15 is 0 Å². The smallest absolute Gasteiger partial charge is 0.312 e. The van der Waals surface area contributed by atoms with Crippen molar-refractivity contribution in [3.8, 4) is 5.69 Å². The van der Waals surface area contributed by atoms with Crippen molar-refractivity contribution < 1.29 is 9.53 Å². The number of ether oxygens (including phenoxy) is 1. The molecule has 2 aromatic rings. The molecule has 4 heteroatoms. The molecule has 4 fully saturated rings. The van der Waals surface area contributed by atoms with Crippen molar-refractivity contribution in [2.45, 2.75) is 45.1 Å². The summed E-state index contributed by atoms with van der Waals surface area (Å²) in [6.45, 7) is 0.327. The molecule has 0 saturated heterocycles. The van der Waals surface area contributed by atoms with Gasteiger partial charge in [-0.2, -0.15) is 5.10 Å². The number of nitrogens with zero attached hydrogens (tertiary/aromatic N) is 2. The number of benzene rings is 1. The monoisotopic (exact) mass is 336 g/mol. The van der Waals surface area contributed by atoms with Gasteiger partial charge in [-0.1, -0.05) is 18.2 Å². The summed E-state index contributed by atoms with van der Waals surface area (Å²) in [5, 5.41) is 4.38. The molecular formula is C21H24N2O2. The lowest BCUT2D eigenvalue weighted by molar-refractivity contribution is -0.172. The highest BCUT2D eigenvalue weighted by Crippen LogP contribution is 2.60. The first-order valence-corrected chi connectivity index (χ1v) is 9.46. The average molecular weight is 336 g/mol. The van der Waals surface area contributed by atoms with E-state index in [0.29, 0.717) is 6.61 Å². The van der Waals surface area contributed by atoms with E-state index in [1.165, 1.54) is 19.3 Å². The zero-order chi connectivity index (χ0) is 16.9. The Bertz CT molecular complexity index is 745. The van der Waals surface area contributed by atoms with Crippen LogP contribution in [0, 0.1) is 23.2 Å². The number of hydrogen-bond acceptors (Lipinski definition) is 3. The molecule has 1 aromatic heterocycles. The number of carbonyl (C=O) groups is 1. The van der Waals surface area contributed by atoms with Crippen molar-refractivity contribution >= 4 is 5.97 Å². The molecule has 4 aliphatic rings. The lowest BCUT2D eigenvalue weighted by Crippen LogP contribution is -2.50. The van der Waals surface area contributed by atoms with E-state index in [1.807, 2.05) is 41.2 Å². The summed E-state index contributed by atoms with van der Waals surface area (Å²) >= 11 is 0. The molecule has 4 nitrogen and oxygen atoms in total. The SMILES string of the molecule is O=C(OCc1cnn(-c2ccccc2)c1)C12CC3CC(CC(C3)C1)C2. The fourth-order valence-corrected chi connectivity index (χ4v) is 5.82. The van der Waals surface area contributed by atoms with E-state index < -0.39 is 0 Å². The molecule has 6 rings (SSSR count). The molecule has 0 amide bonds. The van der Waals surface area contributed by atoms with Crippen LogP contribution < -0.4 is 0 Å². The quantitative estimate of drug-likeness (QED) is 0.789. The van der Waals surface area contributed by atoms with Gasteiger partial charge in [-0.25, -0.2) is 4.68 Å². The van der Waals surface area contributed by atoms with Gasteiger partial charge in [0, 0.05) is 11.8 Å². The first kappa shape index (κ1) is 15.2. The highest BCUT2D eigenvalue weighted by molar-refractivity contribution is 5.77. The summed E-state index contributed by atoms with van der Waals surface area (Å²) < 4.78 is 7.60. The molecular weight excluding hydrogens is 312 g/mol. The Kier molecular flexibility index (Phi) is 3.47. The summed E-state index contributed by atoms with van der Waals surface area (Å²) in [6, 6.07) is 9.99. The maximum absolute atomic E-state index is 12.9. The maximum atomic E-state index is 12.9. The standard InChI is InChI=1S/C21H24N2O2/c24-20(21-9-15-6-16(10-21)8-17(7-15)11-21)25-14-18-12-22-23(13-18)19-4-2-1-3-5-19/h1-5,12-13,15-17H,6-11,14H2. The van der Waals surface area contributed by atoms with Crippen molar-refractivity contribution in [3.63, 3.8) is 0 Å². The Morgan fingerprint density at radius 1 is 1.08 bits per heavy atom. The zero-order valence-electron chi connectivity index (χ0n) is 14.4. The molecule has 4 bridgehead atoms. The number of hydrogen-bond donors (Lipinski definition) is 0. The molecule has 130 valence electrons. The molecule has 0 atom stereocenters. The van der Waals surface area contributed by atoms with Crippen LogP contribution in [-0.4, -0.2) is 15.7 Å². The first-order valence-electron chi connectivity index (χ1n) is 9.46. The fraction of sp³-hybridized carbons (Fsp3) is 0.524. The van der Waals surface area contributed by atoms with E-state index in [-0.39, 0.29) is 11.4 Å². The number of aromatic nitrogens is 2. The minimum absolute atomic E-state index is 0.0408. The van der Waals surface area contributed by atoms with Gasteiger partial charge in [0.2, 0.25) is 0 Å². The Morgan fingerprint density at radius 3 is 2.36 bits per heavy atom. The Balaban J connectivity index is 1.26. The minimum Gasteiger partial charge on any atom is -0.460 e. The molecule has 0 aliphatic heterocycles. The van der Waals surface area contributed by atoms with Gasteiger partial charge in [-0.15, -0.1) is 0 Å². The van der Waals surface area contributed by atoms with Crippen LogP contribution in [0.25, 0.3) is 5.69 Å². The molecule has 0 radical (unpaired) electrons. The Labute approximate surface area is 148 Å². The van der Waals surface area contributed by atoms with Crippen LogP contribution in [0.3, 0.4) is 0 Å². The molecule has 25 heavy (non-hydrogen) atoms. The maximum Gasteiger partial charge on any atom is 0.312 e. The Hall–Kier alpha value is -2.10. The van der Waals surface area contributed by atoms with Crippen molar-refractivity contribution in [2.75, 3.05) is 0 Å². The van der Waals surface area contributed by atoms with Crippen LogP contribution >= 0.6 is 0 Å². The lowest BCUT2D eigenvalue weighted by atomic mass is 9.49. The summed E-state index contributed by atoms with van der Waals surface area (Å²) in [6.07, 6.45) is 10.9. The van der Waals surface area contributed by atoms with E-state index in [1.54, 1.807) is 6.20 Å². The van der Waals surface area contributed by atoms with Crippen LogP contribution in [0.1, 0.15) is 44.1 Å². The molecule has 0 spiro atoms. The number of esters is 1. The minimum atomic E-state index is -0.176. The lowest BCUT2D eigenvalue weighted by Gasteiger charge is -2.55. The second-order valence-electron chi connectivity index (χ2n) is 8.40. The number of carbonyl (C=O) groups excluding carboxylic acids is 1. The van der Waals surface area contributed by atoms with Gasteiger partial charge in [0.05, 0.1) is 17.3 Å². The normalized spacial score (nSPS) is 32.7. The zero-order valence-corrected chi connectivity index (χ0v) is 14.4. The van der Waals surface area contributed by atoms with Gasteiger partial charge >= 0.3 is 5.97 Å². The summed E-state index contributed by atoms with van der Waals surface area (Å²) in [5.41, 5.74) is 1.78. The predicted octanol–water partition coefficient (Wildman–Crippen LogP) is 4.13. The number of rotatable bonds is 4. The molecule has 0 N–H and O–H groups in total. The third kappa shape index (κ3) is 2.68. The van der Waals surface area contributed by atoms with Gasteiger partial charge in [0.15, 0.2) is 0 Å². The van der Waals surface area contributed by atoms with Crippen molar-refractivity contribution in [3.05, 3.63) is 48.3 Å². The summed E-state index contributed by atoms with van der Waals surface area (Å²) in [4.78, 5) is 12.9. The average Bonchev–Trinajstić information content (AvgIpc) is 3.08. The van der Waals surface area contributed by atoms with Gasteiger partial charge < -0.3 is 4.74 Å². The predicted molar refractivity (Wildman–Crippen MR) is 94.0 cm³/mol. The van der Waals surface area contributed by atoms with Gasteiger partial charge in [0.1, 0.15) is 6.61 Å². The molecule has 4 aliphatic carbocycles. The Morgan fingerprint density at radius 2 is 1.72 bits per heavy atom. The van der Waals surface area contributed by atoms with Crippen LogP contribution in [0.15, 0.2) is 42.7 Å². The second kappa shape index (κ2) is 5.72. The topological polar surface area (TPSA) is 44.1 Å². The molecule has 1 heterocycles. The van der Waals surface area contributed by atoms with Crippen LogP contribution in [0.4, 0.5) is 0 Å². The van der Waals surface area contributed by atoms with Gasteiger partial charge in [-0.05, 0) is 68.4 Å². The van der Waals surface area contributed by atoms with E-state index in [9.17, 15) is 4.79 Å². The highest BCUT2D eigenvalue weighted by atomic mass is 16.5. The summed E-state index contributed by atoms with van der Waals surface area (Å²) in [7, 11) is 0. The van der Waals surface area contributed by atoms with E-state index in [4.69, 9.17) is 4.74 Å². The third-order valence-electron chi connectivity index (χ3n) is 6.50. The second-order valence-corrected chi connectivity index (χ2v) is 8.40. The molecule has 4 saturated carbocycles. The molecule has 1 aromatic carbocycles.